The summed E-state index contributed by atoms with van der Waals surface area (Å²) in [7, 11) is 0. The van der Waals surface area contributed by atoms with Gasteiger partial charge in [-0.05, 0) is 48.4 Å². The fourth-order valence-corrected chi connectivity index (χ4v) is 3.12. The van der Waals surface area contributed by atoms with Gasteiger partial charge in [0.1, 0.15) is 5.82 Å². The summed E-state index contributed by atoms with van der Waals surface area (Å²) < 4.78 is 13.6. The van der Waals surface area contributed by atoms with Crippen LogP contribution in [0.15, 0.2) is 48.5 Å². The summed E-state index contributed by atoms with van der Waals surface area (Å²) in [5.74, 6) is -0.247. The van der Waals surface area contributed by atoms with Crippen molar-refractivity contribution in [1.29, 1.82) is 0 Å². The van der Waals surface area contributed by atoms with Crippen LogP contribution in [0.1, 0.15) is 42.0 Å². The second-order valence-corrected chi connectivity index (χ2v) is 5.80. The second kappa shape index (κ2) is 6.73. The minimum atomic E-state index is -0.238. The van der Waals surface area contributed by atoms with Crippen molar-refractivity contribution in [2.24, 2.45) is 0 Å². The van der Waals surface area contributed by atoms with E-state index in [4.69, 9.17) is 0 Å². The molecule has 1 unspecified atom stereocenters. The van der Waals surface area contributed by atoms with Crippen molar-refractivity contribution in [1.82, 2.24) is 5.32 Å². The smallest absolute Gasteiger partial charge is 0.220 e. The molecule has 0 bridgehead atoms. The van der Waals surface area contributed by atoms with E-state index in [9.17, 15) is 9.18 Å². The maximum atomic E-state index is 13.6. The van der Waals surface area contributed by atoms with Crippen molar-refractivity contribution >= 4 is 5.91 Å². The van der Waals surface area contributed by atoms with E-state index >= 15 is 0 Å². The van der Waals surface area contributed by atoms with Gasteiger partial charge in [-0.25, -0.2) is 4.39 Å². The Bertz CT molecular complexity index is 668. The van der Waals surface area contributed by atoms with E-state index in [0.29, 0.717) is 18.4 Å². The molecule has 2 nitrogen and oxygen atoms in total. The average Bonchev–Trinajstić information content (AvgIpc) is 2.54. The van der Waals surface area contributed by atoms with Crippen molar-refractivity contribution < 1.29 is 9.18 Å². The molecule has 0 fully saturated rings. The number of fused-ring (bicyclic) bond motifs is 1. The third-order valence-electron chi connectivity index (χ3n) is 4.28. The van der Waals surface area contributed by atoms with E-state index in [-0.39, 0.29) is 17.8 Å². The largest absolute Gasteiger partial charge is 0.349 e. The lowest BCUT2D eigenvalue weighted by molar-refractivity contribution is -0.121. The van der Waals surface area contributed by atoms with E-state index in [1.165, 1.54) is 17.2 Å². The molecule has 2 aromatic rings. The van der Waals surface area contributed by atoms with Crippen LogP contribution < -0.4 is 5.32 Å². The molecule has 0 aromatic heterocycles. The number of halogens is 1. The number of aryl methyl sites for hydroxylation is 2. The minimum absolute atomic E-state index is 0.00930. The highest BCUT2D eigenvalue weighted by molar-refractivity contribution is 5.76. The van der Waals surface area contributed by atoms with Crippen LogP contribution in [0.2, 0.25) is 0 Å². The predicted molar refractivity (Wildman–Crippen MR) is 85.0 cm³/mol. The first kappa shape index (κ1) is 14.8. The van der Waals surface area contributed by atoms with Crippen LogP contribution in [-0.4, -0.2) is 5.91 Å². The molecule has 1 atom stereocenters. The fraction of sp³-hybridized carbons (Fsp3) is 0.316. The van der Waals surface area contributed by atoms with Gasteiger partial charge in [-0.15, -0.1) is 0 Å². The Labute approximate surface area is 130 Å². The van der Waals surface area contributed by atoms with Crippen LogP contribution in [0.5, 0.6) is 0 Å². The molecule has 0 radical (unpaired) electrons. The monoisotopic (exact) mass is 297 g/mol. The SMILES string of the molecule is O=C(CCc1ccccc1F)NC1CCCc2ccccc21. The van der Waals surface area contributed by atoms with E-state index < -0.39 is 0 Å². The van der Waals surface area contributed by atoms with Gasteiger partial charge in [0.25, 0.3) is 0 Å². The molecular formula is C19H20FNO. The molecule has 1 N–H and O–H groups in total. The molecule has 1 amide bonds. The standard InChI is InChI=1S/C19H20FNO/c20-17-10-4-2-7-15(17)12-13-19(22)21-18-11-5-8-14-6-1-3-9-16(14)18/h1-4,6-7,9-10,18H,5,8,11-13H2,(H,21,22). The fourth-order valence-electron chi connectivity index (χ4n) is 3.12. The lowest BCUT2D eigenvalue weighted by Gasteiger charge is -2.26. The number of carbonyl (C=O) groups excluding carboxylic acids is 1. The van der Waals surface area contributed by atoms with Gasteiger partial charge >= 0.3 is 0 Å². The average molecular weight is 297 g/mol. The maximum Gasteiger partial charge on any atom is 0.220 e. The van der Waals surface area contributed by atoms with Crippen molar-refractivity contribution in [2.75, 3.05) is 0 Å². The second-order valence-electron chi connectivity index (χ2n) is 5.80. The van der Waals surface area contributed by atoms with Crippen molar-refractivity contribution in [2.45, 2.75) is 38.1 Å². The summed E-state index contributed by atoms with van der Waals surface area (Å²) in [6.45, 7) is 0. The number of carbonyl (C=O) groups is 1. The first-order valence-electron chi connectivity index (χ1n) is 7.84. The quantitative estimate of drug-likeness (QED) is 0.909. The van der Waals surface area contributed by atoms with Crippen LogP contribution in [0.25, 0.3) is 0 Å². The van der Waals surface area contributed by atoms with E-state index in [0.717, 1.165) is 19.3 Å². The summed E-state index contributed by atoms with van der Waals surface area (Å²) >= 11 is 0. The lowest BCUT2D eigenvalue weighted by atomic mass is 9.87. The van der Waals surface area contributed by atoms with Gasteiger partial charge in [-0.1, -0.05) is 42.5 Å². The maximum absolute atomic E-state index is 13.6. The molecule has 3 rings (SSSR count). The zero-order valence-electron chi connectivity index (χ0n) is 12.5. The first-order valence-corrected chi connectivity index (χ1v) is 7.84. The Morgan fingerprint density at radius 1 is 1.14 bits per heavy atom. The normalized spacial score (nSPS) is 16.9. The van der Waals surface area contributed by atoms with Crippen LogP contribution >= 0.6 is 0 Å². The summed E-state index contributed by atoms with van der Waals surface area (Å²) in [6.07, 6.45) is 3.90. The Morgan fingerprint density at radius 3 is 2.77 bits per heavy atom. The van der Waals surface area contributed by atoms with Gasteiger partial charge in [0, 0.05) is 6.42 Å². The number of rotatable bonds is 4. The zero-order valence-corrected chi connectivity index (χ0v) is 12.5. The van der Waals surface area contributed by atoms with E-state index in [2.05, 4.69) is 17.4 Å². The molecule has 0 saturated carbocycles. The van der Waals surface area contributed by atoms with Crippen molar-refractivity contribution in [3.63, 3.8) is 0 Å². The van der Waals surface area contributed by atoms with Gasteiger partial charge in [-0.2, -0.15) is 0 Å². The number of hydrogen-bond acceptors (Lipinski definition) is 1. The summed E-state index contributed by atoms with van der Waals surface area (Å²) in [6, 6.07) is 15.0. The number of nitrogens with one attached hydrogen (secondary N) is 1. The molecule has 3 heteroatoms. The van der Waals surface area contributed by atoms with E-state index in [1.54, 1.807) is 18.2 Å². The molecule has 0 saturated heterocycles. The van der Waals surface area contributed by atoms with Crippen LogP contribution in [0.4, 0.5) is 4.39 Å². The molecule has 114 valence electrons. The third-order valence-corrected chi connectivity index (χ3v) is 4.28. The van der Waals surface area contributed by atoms with Gasteiger partial charge < -0.3 is 5.32 Å². The topological polar surface area (TPSA) is 29.1 Å². The summed E-state index contributed by atoms with van der Waals surface area (Å²) in [5.41, 5.74) is 3.16. The molecule has 0 heterocycles. The molecule has 2 aromatic carbocycles. The van der Waals surface area contributed by atoms with Crippen LogP contribution in [0.3, 0.4) is 0 Å². The Morgan fingerprint density at radius 2 is 1.91 bits per heavy atom. The molecular weight excluding hydrogens is 277 g/mol. The van der Waals surface area contributed by atoms with E-state index in [1.807, 2.05) is 12.1 Å². The Kier molecular flexibility index (Phi) is 4.52. The Balaban J connectivity index is 1.60. The molecule has 0 aliphatic heterocycles. The van der Waals surface area contributed by atoms with Gasteiger partial charge in [-0.3, -0.25) is 4.79 Å². The first-order chi connectivity index (χ1) is 10.7. The molecule has 1 aliphatic rings. The highest BCUT2D eigenvalue weighted by atomic mass is 19.1. The predicted octanol–water partition coefficient (Wildman–Crippen LogP) is 3.95. The molecule has 1 aliphatic carbocycles. The van der Waals surface area contributed by atoms with Crippen molar-refractivity contribution in [3.05, 3.63) is 71.0 Å². The van der Waals surface area contributed by atoms with Crippen LogP contribution in [-0.2, 0) is 17.6 Å². The van der Waals surface area contributed by atoms with Gasteiger partial charge in [0.15, 0.2) is 0 Å². The lowest BCUT2D eigenvalue weighted by Crippen LogP contribution is -2.31. The third kappa shape index (κ3) is 3.35. The number of hydrogen-bond donors (Lipinski definition) is 1. The number of amides is 1. The minimum Gasteiger partial charge on any atom is -0.349 e. The van der Waals surface area contributed by atoms with Gasteiger partial charge in [0.05, 0.1) is 6.04 Å². The van der Waals surface area contributed by atoms with Crippen LogP contribution in [0, 0.1) is 5.82 Å². The Hall–Kier alpha value is -2.16. The molecule has 22 heavy (non-hydrogen) atoms. The summed E-state index contributed by atoms with van der Waals surface area (Å²) in [4.78, 5) is 12.2. The zero-order chi connectivity index (χ0) is 15.4. The van der Waals surface area contributed by atoms with Crippen molar-refractivity contribution in [3.8, 4) is 0 Å². The van der Waals surface area contributed by atoms with Gasteiger partial charge in [0.2, 0.25) is 5.91 Å². The number of benzene rings is 2. The molecule has 0 spiro atoms. The highest BCUT2D eigenvalue weighted by Gasteiger charge is 2.21. The highest BCUT2D eigenvalue weighted by Crippen LogP contribution is 2.29. The summed E-state index contributed by atoms with van der Waals surface area (Å²) in [5, 5.41) is 3.10.